The van der Waals surface area contributed by atoms with E-state index in [0.29, 0.717) is 0 Å². The van der Waals surface area contributed by atoms with E-state index in [4.69, 9.17) is 0 Å². The van der Waals surface area contributed by atoms with Crippen molar-refractivity contribution in [1.29, 1.82) is 0 Å². The molecule has 0 N–H and O–H groups in total. The molecule has 56 heavy (non-hydrogen) atoms. The average molecular weight is 730 g/mol. The van der Waals surface area contributed by atoms with E-state index in [2.05, 4.69) is 217 Å². The topological polar surface area (TPSA) is 3.24 Å². The Morgan fingerprint density at radius 1 is 0.268 bits per heavy atom. The number of anilines is 3. The lowest BCUT2D eigenvalue weighted by molar-refractivity contribution is 1.29. The Morgan fingerprint density at radius 3 is 1.46 bits per heavy atom. The van der Waals surface area contributed by atoms with Gasteiger partial charge in [-0.25, -0.2) is 0 Å². The first kappa shape index (κ1) is 32.4. The van der Waals surface area contributed by atoms with Crippen molar-refractivity contribution in [1.82, 2.24) is 0 Å². The summed E-state index contributed by atoms with van der Waals surface area (Å²) >= 11 is 1.88. The van der Waals surface area contributed by atoms with E-state index in [9.17, 15) is 0 Å². The van der Waals surface area contributed by atoms with Crippen molar-refractivity contribution in [3.8, 4) is 33.4 Å². The van der Waals surface area contributed by atoms with E-state index in [1.54, 1.807) is 0 Å². The van der Waals surface area contributed by atoms with Gasteiger partial charge in [-0.15, -0.1) is 11.3 Å². The summed E-state index contributed by atoms with van der Waals surface area (Å²) in [5, 5.41) is 10.3. The maximum Gasteiger partial charge on any atom is 0.0468 e. The molecule has 0 aliphatic rings. The molecule has 1 aromatic heterocycles. The number of benzene rings is 10. The van der Waals surface area contributed by atoms with Gasteiger partial charge in [0, 0.05) is 37.2 Å². The Balaban J connectivity index is 1.07. The first-order chi connectivity index (χ1) is 27.8. The number of fused-ring (bicyclic) bond motifs is 9. The van der Waals surface area contributed by atoms with Gasteiger partial charge in [0.1, 0.15) is 0 Å². The zero-order valence-corrected chi connectivity index (χ0v) is 31.4. The Hall–Kier alpha value is -7.00. The smallest absolute Gasteiger partial charge is 0.0468 e. The maximum atomic E-state index is 2.41. The lowest BCUT2D eigenvalue weighted by atomic mass is 9.94. The minimum Gasteiger partial charge on any atom is -0.310 e. The molecule has 0 bridgehead atoms. The van der Waals surface area contributed by atoms with Crippen LogP contribution >= 0.6 is 11.3 Å². The molecule has 10 aromatic carbocycles. The molecule has 0 radical (unpaired) electrons. The second-order valence-corrected chi connectivity index (χ2v) is 15.5. The zero-order valence-electron chi connectivity index (χ0n) is 30.6. The van der Waals surface area contributed by atoms with Crippen LogP contribution in [0, 0.1) is 0 Å². The standard InChI is InChI=1S/C54H35NS/c1-2-12-36(13-3-1)37-24-26-38(27-25-37)40-14-10-15-42(34-40)55(43-32-33-49-47-18-5-4-16-45(47)46-17-6-7-19-48(46)52(49)35-43)41-30-28-39(29-31-41)44-21-11-22-51-50-20-8-9-23-53(50)56-54(44)51/h1-35H. The van der Waals surface area contributed by atoms with E-state index >= 15 is 0 Å². The minimum absolute atomic E-state index is 1.11. The van der Waals surface area contributed by atoms with Crippen LogP contribution in [0.25, 0.3) is 85.9 Å². The number of hydrogen-bond donors (Lipinski definition) is 0. The van der Waals surface area contributed by atoms with Gasteiger partial charge in [-0.2, -0.15) is 0 Å². The van der Waals surface area contributed by atoms with Crippen LogP contribution in [0.1, 0.15) is 0 Å². The third-order valence-corrected chi connectivity index (χ3v) is 12.5. The SMILES string of the molecule is c1ccc(-c2ccc(-c3cccc(N(c4ccc(-c5cccc6c5sc5ccccc56)cc4)c4ccc5c6ccccc6c6ccccc6c5c4)c3)cc2)cc1. The molecule has 0 spiro atoms. The summed E-state index contributed by atoms with van der Waals surface area (Å²) < 4.78 is 2.65. The average Bonchev–Trinajstić information content (AvgIpc) is 3.66. The van der Waals surface area contributed by atoms with Crippen molar-refractivity contribution in [2.24, 2.45) is 0 Å². The minimum atomic E-state index is 1.11. The van der Waals surface area contributed by atoms with E-state index < -0.39 is 0 Å². The van der Waals surface area contributed by atoms with Crippen molar-refractivity contribution >= 4 is 80.9 Å². The van der Waals surface area contributed by atoms with Crippen molar-refractivity contribution in [2.75, 3.05) is 4.90 Å². The van der Waals surface area contributed by atoms with Crippen molar-refractivity contribution in [3.05, 3.63) is 212 Å². The van der Waals surface area contributed by atoms with Crippen LogP contribution in [0.3, 0.4) is 0 Å². The largest absolute Gasteiger partial charge is 0.310 e. The molecule has 0 saturated carbocycles. The quantitative estimate of drug-likeness (QED) is 0.154. The molecule has 1 nitrogen and oxygen atoms in total. The molecule has 0 aliphatic carbocycles. The highest BCUT2D eigenvalue weighted by Crippen LogP contribution is 2.44. The summed E-state index contributed by atoms with van der Waals surface area (Å²) in [6, 6.07) is 77.7. The van der Waals surface area contributed by atoms with Crippen molar-refractivity contribution < 1.29 is 0 Å². The van der Waals surface area contributed by atoms with E-state index in [1.807, 2.05) is 11.3 Å². The summed E-state index contributed by atoms with van der Waals surface area (Å²) in [5.41, 5.74) is 10.6. The van der Waals surface area contributed by atoms with Crippen LogP contribution < -0.4 is 4.90 Å². The number of hydrogen-bond acceptors (Lipinski definition) is 2. The molecule has 11 rings (SSSR count). The second-order valence-electron chi connectivity index (χ2n) is 14.5. The van der Waals surface area contributed by atoms with Gasteiger partial charge >= 0.3 is 0 Å². The fourth-order valence-corrected chi connectivity index (χ4v) is 9.80. The van der Waals surface area contributed by atoms with Gasteiger partial charge in [0.15, 0.2) is 0 Å². The first-order valence-corrected chi connectivity index (χ1v) is 20.0. The van der Waals surface area contributed by atoms with Gasteiger partial charge in [0.05, 0.1) is 0 Å². The van der Waals surface area contributed by atoms with Gasteiger partial charge in [-0.3, -0.25) is 0 Å². The molecule has 0 unspecified atom stereocenters. The molecule has 262 valence electrons. The fraction of sp³-hybridized carbons (Fsp3) is 0. The predicted octanol–water partition coefficient (Wildman–Crippen LogP) is 16.0. The maximum absolute atomic E-state index is 2.41. The molecule has 2 heteroatoms. The lowest BCUT2D eigenvalue weighted by Crippen LogP contribution is -2.10. The van der Waals surface area contributed by atoms with E-state index in [1.165, 1.54) is 85.9 Å². The van der Waals surface area contributed by atoms with Gasteiger partial charge in [0.25, 0.3) is 0 Å². The van der Waals surface area contributed by atoms with E-state index in [-0.39, 0.29) is 0 Å². The highest BCUT2D eigenvalue weighted by atomic mass is 32.1. The number of thiophene rings is 1. The molecule has 0 atom stereocenters. The van der Waals surface area contributed by atoms with Gasteiger partial charge in [-0.05, 0) is 108 Å². The number of nitrogens with zero attached hydrogens (tertiary/aromatic N) is 1. The summed E-state index contributed by atoms with van der Waals surface area (Å²) in [5.74, 6) is 0. The third kappa shape index (κ3) is 5.46. The third-order valence-electron chi connectivity index (χ3n) is 11.3. The Labute approximate surface area is 330 Å². The van der Waals surface area contributed by atoms with Crippen LogP contribution in [0.15, 0.2) is 212 Å². The van der Waals surface area contributed by atoms with Crippen molar-refractivity contribution in [2.45, 2.75) is 0 Å². The molecule has 0 aliphatic heterocycles. The highest BCUT2D eigenvalue weighted by molar-refractivity contribution is 7.26. The summed E-state index contributed by atoms with van der Waals surface area (Å²) in [7, 11) is 0. The summed E-state index contributed by atoms with van der Waals surface area (Å²) in [4.78, 5) is 2.41. The van der Waals surface area contributed by atoms with Crippen LogP contribution in [-0.4, -0.2) is 0 Å². The normalized spacial score (nSPS) is 11.6. The van der Waals surface area contributed by atoms with Gasteiger partial charge in [0.2, 0.25) is 0 Å². The lowest BCUT2D eigenvalue weighted by Gasteiger charge is -2.27. The van der Waals surface area contributed by atoms with Crippen molar-refractivity contribution in [3.63, 3.8) is 0 Å². The Morgan fingerprint density at radius 2 is 0.750 bits per heavy atom. The predicted molar refractivity (Wildman–Crippen MR) is 243 cm³/mol. The molecule has 11 aromatic rings. The Bertz CT molecular complexity index is 3200. The van der Waals surface area contributed by atoms with Crippen LogP contribution in [0.2, 0.25) is 0 Å². The molecular weight excluding hydrogens is 695 g/mol. The zero-order chi connectivity index (χ0) is 37.0. The molecule has 1 heterocycles. The Kier molecular flexibility index (Phi) is 7.75. The molecule has 0 saturated heterocycles. The van der Waals surface area contributed by atoms with Crippen LogP contribution in [0.5, 0.6) is 0 Å². The molecule has 0 amide bonds. The monoisotopic (exact) mass is 729 g/mol. The molecular formula is C54H35NS. The highest BCUT2D eigenvalue weighted by Gasteiger charge is 2.18. The van der Waals surface area contributed by atoms with Crippen LogP contribution in [-0.2, 0) is 0 Å². The number of rotatable bonds is 6. The first-order valence-electron chi connectivity index (χ1n) is 19.2. The van der Waals surface area contributed by atoms with E-state index in [0.717, 1.165) is 17.1 Å². The summed E-state index contributed by atoms with van der Waals surface area (Å²) in [6.45, 7) is 0. The second kappa shape index (κ2) is 13.4. The van der Waals surface area contributed by atoms with Crippen LogP contribution in [0.4, 0.5) is 17.1 Å². The summed E-state index contributed by atoms with van der Waals surface area (Å²) in [6.07, 6.45) is 0. The van der Waals surface area contributed by atoms with Gasteiger partial charge in [-0.1, -0.05) is 170 Å². The fourth-order valence-electron chi connectivity index (χ4n) is 8.56. The molecule has 0 fully saturated rings. The van der Waals surface area contributed by atoms with Gasteiger partial charge < -0.3 is 4.90 Å².